The highest BCUT2D eigenvalue weighted by molar-refractivity contribution is 9.10. The number of nitrogens with zero attached hydrogens (tertiary/aromatic N) is 5. The summed E-state index contributed by atoms with van der Waals surface area (Å²) in [5.74, 6) is -0.0839. The predicted molar refractivity (Wildman–Crippen MR) is 114 cm³/mol. The number of aromatic nitrogens is 3. The molecule has 2 aromatic rings. The lowest BCUT2D eigenvalue weighted by Crippen LogP contribution is -2.51. The van der Waals surface area contributed by atoms with Crippen LogP contribution in [0.5, 0.6) is 0 Å². The summed E-state index contributed by atoms with van der Waals surface area (Å²) >= 11 is 3.45. The maximum atomic E-state index is 12.9. The lowest BCUT2D eigenvalue weighted by molar-refractivity contribution is -0.123. The molecule has 2 amide bonds. The molecule has 1 aromatic carbocycles. The first-order chi connectivity index (χ1) is 13.9. The van der Waals surface area contributed by atoms with E-state index in [4.69, 9.17) is 0 Å². The average molecular weight is 463 g/mol. The number of benzene rings is 1. The number of hydrogen-bond donors (Lipinski definition) is 1. The molecule has 0 saturated carbocycles. The molecular weight excluding hydrogens is 436 g/mol. The van der Waals surface area contributed by atoms with Gasteiger partial charge in [0, 0.05) is 36.7 Å². The fraction of sp³-hybridized carbons (Fsp3) is 0.500. The zero-order chi connectivity index (χ0) is 21.0. The number of nitrogens with one attached hydrogen (secondary N) is 1. The molecule has 2 heterocycles. The Labute approximate surface area is 179 Å². The molecule has 9 heteroatoms. The summed E-state index contributed by atoms with van der Waals surface area (Å²) in [7, 11) is 0. The van der Waals surface area contributed by atoms with E-state index in [9.17, 15) is 9.59 Å². The van der Waals surface area contributed by atoms with Gasteiger partial charge in [0.15, 0.2) is 5.69 Å². The summed E-state index contributed by atoms with van der Waals surface area (Å²) in [4.78, 5) is 28.9. The third-order valence-corrected chi connectivity index (χ3v) is 5.69. The van der Waals surface area contributed by atoms with Crippen LogP contribution in [-0.4, -0.2) is 75.4 Å². The van der Waals surface area contributed by atoms with Crippen LogP contribution in [0.15, 0.2) is 28.7 Å². The Morgan fingerprint density at radius 3 is 2.62 bits per heavy atom. The van der Waals surface area contributed by atoms with Gasteiger partial charge < -0.3 is 10.2 Å². The summed E-state index contributed by atoms with van der Waals surface area (Å²) < 4.78 is 2.61. The van der Waals surface area contributed by atoms with Crippen molar-refractivity contribution in [1.29, 1.82) is 0 Å². The minimum atomic E-state index is -0.118. The van der Waals surface area contributed by atoms with Crippen molar-refractivity contribution in [3.63, 3.8) is 0 Å². The molecule has 1 atom stereocenters. The maximum Gasteiger partial charge on any atom is 0.276 e. The van der Waals surface area contributed by atoms with Crippen LogP contribution in [0.2, 0.25) is 0 Å². The first-order valence-electron chi connectivity index (χ1n) is 9.88. The number of halogens is 1. The largest absolute Gasteiger partial charge is 0.353 e. The SMILES string of the molecule is CCC(C)NC(=O)CN1CCN(C(=O)c2nnn(-c3cccc(Br)c3)c2C)CC1. The Bertz CT molecular complexity index is 876. The van der Waals surface area contributed by atoms with Gasteiger partial charge in [-0.15, -0.1) is 5.10 Å². The van der Waals surface area contributed by atoms with Crippen molar-refractivity contribution >= 4 is 27.7 Å². The highest BCUT2D eigenvalue weighted by atomic mass is 79.9. The Balaban J connectivity index is 1.59. The van der Waals surface area contributed by atoms with Crippen molar-refractivity contribution in [1.82, 2.24) is 30.1 Å². The van der Waals surface area contributed by atoms with E-state index in [1.165, 1.54) is 0 Å². The quantitative estimate of drug-likeness (QED) is 0.709. The summed E-state index contributed by atoms with van der Waals surface area (Å²) in [6.07, 6.45) is 0.911. The molecule has 1 unspecified atom stereocenters. The van der Waals surface area contributed by atoms with Gasteiger partial charge in [-0.3, -0.25) is 14.5 Å². The monoisotopic (exact) mass is 462 g/mol. The molecular formula is C20H27BrN6O2. The molecule has 0 bridgehead atoms. The highest BCUT2D eigenvalue weighted by Crippen LogP contribution is 2.18. The van der Waals surface area contributed by atoms with E-state index < -0.39 is 0 Å². The van der Waals surface area contributed by atoms with Gasteiger partial charge in [0.25, 0.3) is 5.91 Å². The van der Waals surface area contributed by atoms with Crippen LogP contribution in [0.25, 0.3) is 5.69 Å². The molecule has 3 rings (SSSR count). The second kappa shape index (κ2) is 9.49. The number of rotatable bonds is 6. The first kappa shape index (κ1) is 21.4. The Morgan fingerprint density at radius 1 is 1.24 bits per heavy atom. The second-order valence-electron chi connectivity index (χ2n) is 7.36. The van der Waals surface area contributed by atoms with Crippen molar-refractivity contribution in [2.24, 2.45) is 0 Å². The topological polar surface area (TPSA) is 83.4 Å². The lowest BCUT2D eigenvalue weighted by atomic mass is 10.2. The normalized spacial score (nSPS) is 15.9. The van der Waals surface area contributed by atoms with Gasteiger partial charge in [0.05, 0.1) is 17.9 Å². The van der Waals surface area contributed by atoms with Crippen LogP contribution in [0.1, 0.15) is 36.5 Å². The van der Waals surface area contributed by atoms with Gasteiger partial charge in [0.2, 0.25) is 5.91 Å². The van der Waals surface area contributed by atoms with E-state index in [1.54, 1.807) is 9.58 Å². The molecule has 1 saturated heterocycles. The van der Waals surface area contributed by atoms with E-state index in [-0.39, 0.29) is 17.9 Å². The molecule has 0 spiro atoms. The predicted octanol–water partition coefficient (Wildman–Crippen LogP) is 2.01. The van der Waals surface area contributed by atoms with Crippen LogP contribution < -0.4 is 5.32 Å². The fourth-order valence-corrected chi connectivity index (χ4v) is 3.65. The van der Waals surface area contributed by atoms with Crippen LogP contribution in [0.3, 0.4) is 0 Å². The molecule has 1 aliphatic heterocycles. The average Bonchev–Trinajstić information content (AvgIpc) is 3.09. The Kier molecular flexibility index (Phi) is 7.02. The van der Waals surface area contributed by atoms with Gasteiger partial charge in [-0.1, -0.05) is 34.1 Å². The minimum absolute atomic E-state index is 0.0342. The van der Waals surface area contributed by atoms with Gasteiger partial charge in [-0.05, 0) is 38.5 Å². The lowest BCUT2D eigenvalue weighted by Gasteiger charge is -2.34. The van der Waals surface area contributed by atoms with Crippen LogP contribution in [0.4, 0.5) is 0 Å². The molecule has 29 heavy (non-hydrogen) atoms. The number of carbonyl (C=O) groups is 2. The number of carbonyl (C=O) groups excluding carboxylic acids is 2. The zero-order valence-corrected chi connectivity index (χ0v) is 18.6. The van der Waals surface area contributed by atoms with Crippen molar-refractivity contribution in [3.05, 3.63) is 40.1 Å². The zero-order valence-electron chi connectivity index (χ0n) is 17.1. The molecule has 156 valence electrons. The van der Waals surface area contributed by atoms with E-state index in [2.05, 4.69) is 36.5 Å². The first-order valence-corrected chi connectivity index (χ1v) is 10.7. The fourth-order valence-electron chi connectivity index (χ4n) is 3.26. The van der Waals surface area contributed by atoms with Crippen molar-refractivity contribution < 1.29 is 9.59 Å². The third kappa shape index (κ3) is 5.22. The van der Waals surface area contributed by atoms with Crippen LogP contribution >= 0.6 is 15.9 Å². The Morgan fingerprint density at radius 2 is 1.97 bits per heavy atom. The van der Waals surface area contributed by atoms with Gasteiger partial charge in [0.1, 0.15) is 0 Å². The maximum absolute atomic E-state index is 12.9. The number of amides is 2. The van der Waals surface area contributed by atoms with E-state index in [1.807, 2.05) is 45.0 Å². The third-order valence-electron chi connectivity index (χ3n) is 5.20. The van der Waals surface area contributed by atoms with Gasteiger partial charge in [-0.25, -0.2) is 4.68 Å². The van der Waals surface area contributed by atoms with Crippen molar-refractivity contribution in [2.75, 3.05) is 32.7 Å². The standard InChI is InChI=1S/C20H27BrN6O2/c1-4-14(2)22-18(28)13-25-8-10-26(11-9-25)20(29)19-15(3)27(24-23-19)17-7-5-6-16(21)12-17/h5-7,12,14H,4,8-11,13H2,1-3H3,(H,22,28). The molecule has 1 N–H and O–H groups in total. The molecule has 8 nitrogen and oxygen atoms in total. The second-order valence-corrected chi connectivity index (χ2v) is 8.28. The van der Waals surface area contributed by atoms with Gasteiger partial charge >= 0.3 is 0 Å². The molecule has 1 aliphatic rings. The number of piperazine rings is 1. The summed E-state index contributed by atoms with van der Waals surface area (Å²) in [5, 5.41) is 11.3. The molecule has 0 radical (unpaired) electrons. The smallest absolute Gasteiger partial charge is 0.276 e. The molecule has 1 aromatic heterocycles. The van der Waals surface area contributed by atoms with Gasteiger partial charge in [-0.2, -0.15) is 0 Å². The summed E-state index contributed by atoms with van der Waals surface area (Å²) in [6.45, 7) is 8.73. The molecule has 1 fully saturated rings. The summed E-state index contributed by atoms with van der Waals surface area (Å²) in [5.41, 5.74) is 1.93. The van der Waals surface area contributed by atoms with Crippen molar-refractivity contribution in [2.45, 2.75) is 33.2 Å². The summed E-state index contributed by atoms with van der Waals surface area (Å²) in [6, 6.07) is 7.88. The minimum Gasteiger partial charge on any atom is -0.353 e. The van der Waals surface area contributed by atoms with E-state index in [0.717, 1.165) is 16.6 Å². The Hall–Kier alpha value is -2.26. The number of hydrogen-bond acceptors (Lipinski definition) is 5. The van der Waals surface area contributed by atoms with E-state index in [0.29, 0.717) is 44.1 Å². The van der Waals surface area contributed by atoms with Crippen LogP contribution in [-0.2, 0) is 4.79 Å². The van der Waals surface area contributed by atoms with Crippen molar-refractivity contribution in [3.8, 4) is 5.69 Å². The van der Waals surface area contributed by atoms with Crippen LogP contribution in [0, 0.1) is 6.92 Å². The highest BCUT2D eigenvalue weighted by Gasteiger charge is 2.27. The molecule has 0 aliphatic carbocycles. The van der Waals surface area contributed by atoms with E-state index >= 15 is 0 Å².